The molecule has 0 saturated carbocycles. The minimum atomic E-state index is -0.378. The maximum absolute atomic E-state index is 11.9. The van der Waals surface area contributed by atoms with Crippen molar-refractivity contribution in [2.24, 2.45) is 5.92 Å². The molecule has 0 unspecified atom stereocenters. The van der Waals surface area contributed by atoms with Gasteiger partial charge in [-0.15, -0.1) is 0 Å². The van der Waals surface area contributed by atoms with Crippen molar-refractivity contribution in [3.05, 3.63) is 35.4 Å². The number of hydrogen-bond donors (Lipinski definition) is 1. The molecule has 1 rings (SSSR count). The number of amides is 1. The van der Waals surface area contributed by atoms with E-state index in [1.165, 1.54) is 12.8 Å². The fourth-order valence-electron chi connectivity index (χ4n) is 2.60. The molecule has 27 heavy (non-hydrogen) atoms. The molecule has 0 atom stereocenters. The van der Waals surface area contributed by atoms with Gasteiger partial charge in [-0.1, -0.05) is 84.9 Å². The van der Waals surface area contributed by atoms with E-state index in [0.29, 0.717) is 18.1 Å². The van der Waals surface area contributed by atoms with Gasteiger partial charge >= 0.3 is 5.97 Å². The van der Waals surface area contributed by atoms with Gasteiger partial charge in [0.2, 0.25) is 0 Å². The van der Waals surface area contributed by atoms with Crippen LogP contribution in [0, 0.1) is 12.8 Å². The van der Waals surface area contributed by atoms with Crippen molar-refractivity contribution < 1.29 is 14.3 Å². The van der Waals surface area contributed by atoms with Crippen LogP contribution in [-0.2, 0) is 9.53 Å². The number of benzene rings is 1. The van der Waals surface area contributed by atoms with E-state index in [4.69, 9.17) is 4.74 Å². The first-order valence-corrected chi connectivity index (χ1v) is 10.6. The Kier molecular flexibility index (Phi) is 19.2. The lowest BCUT2D eigenvalue weighted by atomic mass is 9.95. The monoisotopic (exact) mass is 379 g/mol. The number of aryl methyl sites for hydroxylation is 1. The van der Waals surface area contributed by atoms with E-state index in [9.17, 15) is 9.59 Å². The summed E-state index contributed by atoms with van der Waals surface area (Å²) in [5, 5.41) is 2.59. The number of hydrogen-bond acceptors (Lipinski definition) is 3. The van der Waals surface area contributed by atoms with Gasteiger partial charge in [0.1, 0.15) is 6.54 Å². The smallest absolute Gasteiger partial charge is 0.325 e. The molecule has 0 heterocycles. The van der Waals surface area contributed by atoms with Crippen LogP contribution < -0.4 is 5.32 Å². The van der Waals surface area contributed by atoms with Gasteiger partial charge in [-0.25, -0.2) is 0 Å². The Balaban J connectivity index is 0. The summed E-state index contributed by atoms with van der Waals surface area (Å²) in [7, 11) is 0. The third-order valence-electron chi connectivity index (χ3n) is 3.89. The van der Waals surface area contributed by atoms with Crippen LogP contribution in [0.25, 0.3) is 0 Å². The molecule has 1 aromatic rings. The van der Waals surface area contributed by atoms with Crippen molar-refractivity contribution >= 4 is 11.9 Å². The highest BCUT2D eigenvalue weighted by molar-refractivity contribution is 5.95. The average Bonchev–Trinajstić information content (AvgIpc) is 2.70. The van der Waals surface area contributed by atoms with Crippen molar-refractivity contribution in [2.45, 2.75) is 80.6 Å². The molecule has 0 spiro atoms. The first-order chi connectivity index (χ1) is 13.1. The quantitative estimate of drug-likeness (QED) is 0.513. The van der Waals surface area contributed by atoms with Gasteiger partial charge in [-0.3, -0.25) is 9.59 Å². The lowest BCUT2D eigenvalue weighted by molar-refractivity contribution is -0.142. The molecule has 0 saturated heterocycles. The van der Waals surface area contributed by atoms with Gasteiger partial charge in [0.25, 0.3) is 5.91 Å². The van der Waals surface area contributed by atoms with E-state index in [1.807, 2.05) is 46.8 Å². The van der Waals surface area contributed by atoms with Crippen LogP contribution in [0.4, 0.5) is 0 Å². The van der Waals surface area contributed by atoms with Gasteiger partial charge in [0, 0.05) is 5.56 Å². The molecule has 4 nitrogen and oxygen atoms in total. The molecule has 4 heteroatoms. The third kappa shape index (κ3) is 14.0. The van der Waals surface area contributed by atoms with Crippen LogP contribution in [0.15, 0.2) is 24.3 Å². The Morgan fingerprint density at radius 1 is 0.926 bits per heavy atom. The van der Waals surface area contributed by atoms with E-state index in [0.717, 1.165) is 24.8 Å². The van der Waals surface area contributed by atoms with Crippen molar-refractivity contribution in [1.29, 1.82) is 0 Å². The Morgan fingerprint density at radius 3 is 1.93 bits per heavy atom. The van der Waals surface area contributed by atoms with Crippen LogP contribution in [0.5, 0.6) is 0 Å². The highest BCUT2D eigenvalue weighted by Crippen LogP contribution is 2.17. The molecule has 156 valence electrons. The maximum Gasteiger partial charge on any atom is 0.325 e. The topological polar surface area (TPSA) is 55.4 Å². The molecule has 0 fully saturated rings. The molecule has 0 aromatic heterocycles. The highest BCUT2D eigenvalue weighted by atomic mass is 16.5. The zero-order valence-corrected chi connectivity index (χ0v) is 18.6. The summed E-state index contributed by atoms with van der Waals surface area (Å²) in [6.07, 6.45) is 5.57. The molecule has 1 N–H and O–H groups in total. The summed E-state index contributed by atoms with van der Waals surface area (Å²) in [6, 6.07) is 7.23. The predicted octanol–water partition coefficient (Wildman–Crippen LogP) is 5.93. The molecular weight excluding hydrogens is 338 g/mol. The Labute approximate surface area is 167 Å². The average molecular weight is 380 g/mol. The highest BCUT2D eigenvalue weighted by Gasteiger charge is 2.11. The summed E-state index contributed by atoms with van der Waals surface area (Å²) in [5.41, 5.74) is 1.64. The van der Waals surface area contributed by atoms with Crippen LogP contribution in [0.3, 0.4) is 0 Å². The molecule has 1 aromatic carbocycles. The second-order valence-electron chi connectivity index (χ2n) is 6.00. The largest absolute Gasteiger partial charge is 0.464 e. The molecular formula is C23H41NO3. The number of ether oxygens (including phenoxy) is 1. The number of carbonyl (C=O) groups is 2. The van der Waals surface area contributed by atoms with E-state index in [1.54, 1.807) is 12.1 Å². The first kappa shape index (κ1) is 27.4. The molecule has 0 aliphatic rings. The van der Waals surface area contributed by atoms with E-state index >= 15 is 0 Å². The van der Waals surface area contributed by atoms with E-state index < -0.39 is 0 Å². The summed E-state index contributed by atoms with van der Waals surface area (Å²) in [4.78, 5) is 23.6. The van der Waals surface area contributed by atoms with Gasteiger partial charge in [-0.05, 0) is 31.4 Å². The predicted molar refractivity (Wildman–Crippen MR) is 115 cm³/mol. The number of esters is 1. The summed E-state index contributed by atoms with van der Waals surface area (Å²) in [5.74, 6) is -0.00560. The zero-order valence-electron chi connectivity index (χ0n) is 18.6. The summed E-state index contributed by atoms with van der Waals surface area (Å²) < 4.78 is 5.22. The van der Waals surface area contributed by atoms with Crippen LogP contribution in [-0.4, -0.2) is 25.0 Å². The standard InChI is InChI=1S/C19H29NO3.2C2H6/c1-4-6-16(7-5-2)12-13-23-18(21)14-20-19(22)17-10-8-15(3)9-11-17;2*1-2/h8-11,16H,4-7,12-14H2,1-3H3,(H,20,22);2*1-2H3. The molecule has 0 bridgehead atoms. The minimum absolute atomic E-state index is 0.0844. The van der Waals surface area contributed by atoms with Crippen LogP contribution in [0.1, 0.15) is 89.6 Å². The van der Waals surface area contributed by atoms with Gasteiger partial charge in [0.15, 0.2) is 0 Å². The number of nitrogens with one attached hydrogen (secondary N) is 1. The second kappa shape index (κ2) is 18.9. The lowest BCUT2D eigenvalue weighted by Crippen LogP contribution is -2.30. The second-order valence-corrected chi connectivity index (χ2v) is 6.00. The molecule has 0 aliphatic heterocycles. The number of rotatable bonds is 10. The maximum atomic E-state index is 11.9. The summed E-state index contributed by atoms with van der Waals surface area (Å²) in [6.45, 7) is 14.7. The normalized spacial score (nSPS) is 9.48. The van der Waals surface area contributed by atoms with Crippen molar-refractivity contribution in [3.8, 4) is 0 Å². The van der Waals surface area contributed by atoms with Gasteiger partial charge in [0.05, 0.1) is 6.61 Å². The molecule has 1 amide bonds. The van der Waals surface area contributed by atoms with Crippen molar-refractivity contribution in [2.75, 3.05) is 13.2 Å². The fourth-order valence-corrected chi connectivity index (χ4v) is 2.60. The molecule has 0 radical (unpaired) electrons. The van der Waals surface area contributed by atoms with Crippen LogP contribution >= 0.6 is 0 Å². The fraction of sp³-hybridized carbons (Fsp3) is 0.652. The van der Waals surface area contributed by atoms with Crippen molar-refractivity contribution in [1.82, 2.24) is 5.32 Å². The number of carbonyl (C=O) groups excluding carboxylic acids is 2. The Hall–Kier alpha value is -1.84. The van der Waals surface area contributed by atoms with Gasteiger partial charge < -0.3 is 10.1 Å². The Morgan fingerprint density at radius 2 is 1.44 bits per heavy atom. The van der Waals surface area contributed by atoms with E-state index in [-0.39, 0.29) is 18.4 Å². The first-order valence-electron chi connectivity index (χ1n) is 10.6. The zero-order chi connectivity index (χ0) is 21.1. The van der Waals surface area contributed by atoms with Crippen molar-refractivity contribution in [3.63, 3.8) is 0 Å². The van der Waals surface area contributed by atoms with Gasteiger partial charge in [-0.2, -0.15) is 0 Å². The SMILES string of the molecule is CC.CC.CCCC(CCC)CCOC(=O)CNC(=O)c1ccc(C)cc1. The minimum Gasteiger partial charge on any atom is -0.464 e. The van der Waals surface area contributed by atoms with E-state index in [2.05, 4.69) is 19.2 Å². The van der Waals surface area contributed by atoms with Crippen LogP contribution in [0.2, 0.25) is 0 Å². The molecule has 0 aliphatic carbocycles. The third-order valence-corrected chi connectivity index (χ3v) is 3.89. The lowest BCUT2D eigenvalue weighted by Gasteiger charge is -2.15. The summed E-state index contributed by atoms with van der Waals surface area (Å²) >= 11 is 0. The Bertz CT molecular complexity index is 477.